The number of ether oxygens (including phenoxy) is 5. The maximum Gasteiger partial charge on any atom is 0.332 e. The molecule has 1 saturated carbocycles. The summed E-state index contributed by atoms with van der Waals surface area (Å²) in [5.41, 5.74) is 1.01. The molecule has 1 aliphatic heterocycles. The predicted octanol–water partition coefficient (Wildman–Crippen LogP) is 4.77. The minimum atomic E-state index is -0.286. The molecule has 0 bridgehead atoms. The Morgan fingerprint density at radius 3 is 2.34 bits per heavy atom. The zero-order chi connectivity index (χ0) is 25.5. The zero-order valence-corrected chi connectivity index (χ0v) is 22.7. The molecular weight excluding hydrogens is 446 g/mol. The number of benzene rings is 1. The van der Waals surface area contributed by atoms with E-state index >= 15 is 0 Å². The standard InChI is InChI=1S/C28H45NO6/c1-18(2)22-9-8-19(3)12-24(22)34-17-27(30)35-16-20-15-29(4)11-10-23(20)28-25(32-6)13-21(31-5)14-26(28)33-7/h13-14,18-20,22-24H,8-12,15-17H2,1-7H3. The molecule has 1 heterocycles. The number of nitrogens with zero attached hydrogens (tertiary/aromatic N) is 1. The van der Waals surface area contributed by atoms with Crippen LogP contribution >= 0.6 is 0 Å². The summed E-state index contributed by atoms with van der Waals surface area (Å²) in [6.07, 6.45) is 4.47. The van der Waals surface area contributed by atoms with Crippen LogP contribution in [0.25, 0.3) is 0 Å². The van der Waals surface area contributed by atoms with Gasteiger partial charge in [0.15, 0.2) is 0 Å². The van der Waals surface area contributed by atoms with Gasteiger partial charge in [-0.2, -0.15) is 0 Å². The molecule has 5 unspecified atom stereocenters. The number of carbonyl (C=O) groups excluding carboxylic acids is 1. The highest BCUT2D eigenvalue weighted by Gasteiger charge is 2.35. The summed E-state index contributed by atoms with van der Waals surface area (Å²) in [5.74, 6) is 3.83. The maximum absolute atomic E-state index is 12.7. The van der Waals surface area contributed by atoms with Gasteiger partial charge in [0.2, 0.25) is 0 Å². The summed E-state index contributed by atoms with van der Waals surface area (Å²) >= 11 is 0. The van der Waals surface area contributed by atoms with Gasteiger partial charge in [-0.3, -0.25) is 0 Å². The molecule has 1 aromatic carbocycles. The lowest BCUT2D eigenvalue weighted by molar-refractivity contribution is -0.156. The number of piperidine rings is 1. The molecule has 0 radical (unpaired) electrons. The van der Waals surface area contributed by atoms with Crippen molar-refractivity contribution < 1.29 is 28.5 Å². The first-order chi connectivity index (χ1) is 16.8. The molecule has 2 fully saturated rings. The van der Waals surface area contributed by atoms with Gasteiger partial charge in [0.1, 0.15) is 23.9 Å². The molecule has 0 spiro atoms. The molecule has 0 amide bonds. The van der Waals surface area contributed by atoms with Crippen LogP contribution in [-0.4, -0.2) is 71.7 Å². The van der Waals surface area contributed by atoms with E-state index in [4.69, 9.17) is 23.7 Å². The van der Waals surface area contributed by atoms with Gasteiger partial charge >= 0.3 is 5.97 Å². The quantitative estimate of drug-likeness (QED) is 0.437. The van der Waals surface area contributed by atoms with Gasteiger partial charge in [-0.15, -0.1) is 0 Å². The van der Waals surface area contributed by atoms with E-state index in [0.29, 0.717) is 30.1 Å². The monoisotopic (exact) mass is 491 g/mol. The van der Waals surface area contributed by atoms with Crippen molar-refractivity contribution in [1.82, 2.24) is 4.90 Å². The van der Waals surface area contributed by atoms with Crippen LogP contribution in [0.15, 0.2) is 12.1 Å². The highest BCUT2D eigenvalue weighted by molar-refractivity contribution is 5.70. The average molecular weight is 492 g/mol. The molecular formula is C28H45NO6. The van der Waals surface area contributed by atoms with Crippen LogP contribution in [0.3, 0.4) is 0 Å². The lowest BCUT2D eigenvalue weighted by Crippen LogP contribution is -2.40. The topological polar surface area (TPSA) is 66.5 Å². The van der Waals surface area contributed by atoms with Crippen LogP contribution in [0.5, 0.6) is 17.2 Å². The smallest absolute Gasteiger partial charge is 0.332 e. The lowest BCUT2D eigenvalue weighted by Gasteiger charge is -2.38. The Hall–Kier alpha value is -1.99. The fourth-order valence-electron chi connectivity index (χ4n) is 5.88. The van der Waals surface area contributed by atoms with Crippen LogP contribution in [-0.2, 0) is 14.3 Å². The number of hydrogen-bond acceptors (Lipinski definition) is 7. The molecule has 1 aromatic rings. The van der Waals surface area contributed by atoms with E-state index in [-0.39, 0.29) is 30.5 Å². The van der Waals surface area contributed by atoms with Crippen LogP contribution in [0.2, 0.25) is 0 Å². The Bertz CT molecular complexity index is 803. The summed E-state index contributed by atoms with van der Waals surface area (Å²) < 4.78 is 28.8. The molecule has 2 aliphatic rings. The molecule has 3 rings (SSSR count). The van der Waals surface area contributed by atoms with Crippen molar-refractivity contribution in [2.24, 2.45) is 23.7 Å². The Morgan fingerprint density at radius 2 is 1.74 bits per heavy atom. The number of esters is 1. The molecule has 198 valence electrons. The van der Waals surface area contributed by atoms with E-state index in [0.717, 1.165) is 43.0 Å². The first kappa shape index (κ1) is 27.6. The zero-order valence-electron chi connectivity index (χ0n) is 22.7. The Kier molecular flexibility index (Phi) is 10.1. The summed E-state index contributed by atoms with van der Waals surface area (Å²) in [6, 6.07) is 3.78. The Labute approximate surface area is 211 Å². The predicted molar refractivity (Wildman–Crippen MR) is 136 cm³/mol. The van der Waals surface area contributed by atoms with E-state index < -0.39 is 0 Å². The number of methoxy groups -OCH3 is 3. The van der Waals surface area contributed by atoms with Crippen molar-refractivity contribution in [3.05, 3.63) is 17.7 Å². The highest BCUT2D eigenvalue weighted by atomic mass is 16.6. The minimum Gasteiger partial charge on any atom is -0.496 e. The number of carbonyl (C=O) groups is 1. The summed E-state index contributed by atoms with van der Waals surface area (Å²) in [5, 5.41) is 0. The first-order valence-corrected chi connectivity index (χ1v) is 13.0. The van der Waals surface area contributed by atoms with Gasteiger partial charge in [-0.05, 0) is 56.5 Å². The second kappa shape index (κ2) is 12.8. The maximum atomic E-state index is 12.7. The van der Waals surface area contributed by atoms with E-state index in [1.54, 1.807) is 21.3 Å². The Morgan fingerprint density at radius 1 is 1.06 bits per heavy atom. The average Bonchev–Trinajstić information content (AvgIpc) is 2.85. The van der Waals surface area contributed by atoms with Crippen molar-refractivity contribution in [1.29, 1.82) is 0 Å². The van der Waals surface area contributed by atoms with E-state index in [9.17, 15) is 4.79 Å². The van der Waals surface area contributed by atoms with Crippen LogP contribution in [0.4, 0.5) is 0 Å². The van der Waals surface area contributed by atoms with Gasteiger partial charge in [0.25, 0.3) is 0 Å². The third kappa shape index (κ3) is 7.04. The van der Waals surface area contributed by atoms with Crippen LogP contribution in [0.1, 0.15) is 57.9 Å². The second-order valence-electron chi connectivity index (χ2n) is 10.7. The van der Waals surface area contributed by atoms with E-state index in [1.807, 2.05) is 12.1 Å². The molecule has 0 aromatic heterocycles. The fourth-order valence-corrected chi connectivity index (χ4v) is 5.88. The summed E-state index contributed by atoms with van der Waals surface area (Å²) in [7, 11) is 7.06. The van der Waals surface area contributed by atoms with Gasteiger partial charge in [0.05, 0.1) is 34.0 Å². The Balaban J connectivity index is 1.66. The highest BCUT2D eigenvalue weighted by Crippen LogP contribution is 2.45. The molecule has 5 atom stereocenters. The largest absolute Gasteiger partial charge is 0.496 e. The lowest BCUT2D eigenvalue weighted by atomic mass is 9.75. The fraction of sp³-hybridized carbons (Fsp3) is 0.750. The van der Waals surface area contributed by atoms with Crippen molar-refractivity contribution in [2.75, 3.05) is 54.7 Å². The normalized spacial score (nSPS) is 27.5. The molecule has 35 heavy (non-hydrogen) atoms. The van der Waals surface area contributed by atoms with Crippen LogP contribution in [0, 0.1) is 23.7 Å². The van der Waals surface area contributed by atoms with Crippen LogP contribution < -0.4 is 14.2 Å². The third-order valence-corrected chi connectivity index (χ3v) is 7.90. The molecule has 0 N–H and O–H groups in total. The minimum absolute atomic E-state index is 0.0169. The van der Waals surface area contributed by atoms with Crippen molar-refractivity contribution in [3.8, 4) is 17.2 Å². The SMILES string of the molecule is COc1cc(OC)c(C2CCN(C)CC2COC(=O)COC2CC(C)CCC2C(C)C)c(OC)c1. The van der Waals surface area contributed by atoms with Gasteiger partial charge in [0, 0.05) is 30.2 Å². The molecule has 7 heteroatoms. The second-order valence-corrected chi connectivity index (χ2v) is 10.7. The molecule has 1 aliphatic carbocycles. The van der Waals surface area contributed by atoms with Gasteiger partial charge < -0.3 is 28.6 Å². The van der Waals surface area contributed by atoms with Gasteiger partial charge in [-0.25, -0.2) is 4.79 Å². The number of hydrogen-bond donors (Lipinski definition) is 0. The van der Waals surface area contributed by atoms with Gasteiger partial charge in [-0.1, -0.05) is 27.2 Å². The van der Waals surface area contributed by atoms with E-state index in [1.165, 1.54) is 12.8 Å². The summed E-state index contributed by atoms with van der Waals surface area (Å²) in [6.45, 7) is 8.90. The van der Waals surface area contributed by atoms with Crippen molar-refractivity contribution in [2.45, 2.75) is 58.5 Å². The van der Waals surface area contributed by atoms with E-state index in [2.05, 4.69) is 32.7 Å². The first-order valence-electron chi connectivity index (χ1n) is 13.0. The number of rotatable bonds is 10. The summed E-state index contributed by atoms with van der Waals surface area (Å²) in [4.78, 5) is 15.0. The van der Waals surface area contributed by atoms with Crippen molar-refractivity contribution >= 4 is 5.97 Å². The third-order valence-electron chi connectivity index (χ3n) is 7.90. The molecule has 7 nitrogen and oxygen atoms in total. The number of likely N-dealkylation sites (tertiary alicyclic amines) is 1. The molecule has 1 saturated heterocycles. The van der Waals surface area contributed by atoms with Crippen molar-refractivity contribution in [3.63, 3.8) is 0 Å².